The molecule has 1 rings (SSSR count). The number of rotatable bonds is 6. The summed E-state index contributed by atoms with van der Waals surface area (Å²) in [6, 6.07) is 0.130. The topological polar surface area (TPSA) is 49.4 Å². The second-order valence-electron chi connectivity index (χ2n) is 5.22. The third-order valence-electron chi connectivity index (χ3n) is 3.52. The van der Waals surface area contributed by atoms with E-state index in [1.807, 2.05) is 6.92 Å². The Bertz CT molecular complexity index is 310. The van der Waals surface area contributed by atoms with Crippen LogP contribution < -0.4 is 5.32 Å². The van der Waals surface area contributed by atoms with Crippen LogP contribution in [0.1, 0.15) is 26.7 Å². The molecular formula is C12H26N2O2S. The van der Waals surface area contributed by atoms with Crippen molar-refractivity contribution in [2.75, 3.05) is 38.2 Å². The number of nitrogens with zero attached hydrogens (tertiary/aromatic N) is 1. The summed E-state index contributed by atoms with van der Waals surface area (Å²) in [4.78, 5) is 2.30. The number of hydrogen-bond acceptors (Lipinski definition) is 4. The van der Waals surface area contributed by atoms with Gasteiger partial charge in [0, 0.05) is 18.8 Å². The van der Waals surface area contributed by atoms with Gasteiger partial charge in [0.2, 0.25) is 0 Å². The minimum atomic E-state index is -2.87. The summed E-state index contributed by atoms with van der Waals surface area (Å²) in [6.45, 7) is 8.30. The van der Waals surface area contributed by atoms with E-state index >= 15 is 0 Å². The van der Waals surface area contributed by atoms with Gasteiger partial charge in [0.05, 0.1) is 5.75 Å². The number of nitrogens with one attached hydrogen (secondary N) is 1. The van der Waals surface area contributed by atoms with Crippen LogP contribution in [0, 0.1) is 5.92 Å². The Labute approximate surface area is 106 Å². The van der Waals surface area contributed by atoms with Crippen molar-refractivity contribution >= 4 is 9.84 Å². The van der Waals surface area contributed by atoms with Crippen LogP contribution in [-0.4, -0.2) is 57.5 Å². The zero-order valence-electron chi connectivity index (χ0n) is 11.3. The molecule has 1 N–H and O–H groups in total. The maximum atomic E-state index is 11.3. The molecule has 0 aliphatic carbocycles. The van der Waals surface area contributed by atoms with Gasteiger partial charge < -0.3 is 5.32 Å². The molecule has 0 bridgehead atoms. The summed E-state index contributed by atoms with van der Waals surface area (Å²) in [5.41, 5.74) is 0. The van der Waals surface area contributed by atoms with Crippen LogP contribution in [-0.2, 0) is 9.84 Å². The zero-order chi connectivity index (χ0) is 12.9. The van der Waals surface area contributed by atoms with E-state index in [0.717, 1.165) is 32.1 Å². The summed E-state index contributed by atoms with van der Waals surface area (Å²) in [5, 5.41) is 3.36. The van der Waals surface area contributed by atoms with E-state index in [9.17, 15) is 8.42 Å². The van der Waals surface area contributed by atoms with Crippen LogP contribution in [0.2, 0.25) is 0 Å². The molecule has 17 heavy (non-hydrogen) atoms. The first-order valence-electron chi connectivity index (χ1n) is 6.55. The van der Waals surface area contributed by atoms with E-state index < -0.39 is 9.84 Å². The van der Waals surface area contributed by atoms with Gasteiger partial charge >= 0.3 is 0 Å². The Morgan fingerprint density at radius 2 is 1.94 bits per heavy atom. The molecular weight excluding hydrogens is 236 g/mol. The Kier molecular flexibility index (Phi) is 5.89. The van der Waals surface area contributed by atoms with Gasteiger partial charge in [-0.25, -0.2) is 8.42 Å². The first-order valence-corrected chi connectivity index (χ1v) is 8.61. The van der Waals surface area contributed by atoms with Gasteiger partial charge in [-0.05, 0) is 45.3 Å². The van der Waals surface area contributed by atoms with Crippen molar-refractivity contribution < 1.29 is 8.42 Å². The van der Waals surface area contributed by atoms with Crippen LogP contribution in [0.4, 0.5) is 0 Å². The smallest absolute Gasteiger partial charge is 0.148 e. The third kappa shape index (κ3) is 5.84. The number of hydrogen-bond donors (Lipinski definition) is 1. The second-order valence-corrected chi connectivity index (χ2v) is 7.41. The minimum absolute atomic E-state index is 0.130. The van der Waals surface area contributed by atoms with E-state index in [-0.39, 0.29) is 11.8 Å². The molecule has 1 atom stereocenters. The predicted octanol–water partition coefficient (Wildman–Crippen LogP) is 0.741. The Hall–Kier alpha value is -0.130. The largest absolute Gasteiger partial charge is 0.317 e. The lowest BCUT2D eigenvalue weighted by molar-refractivity contribution is 0.179. The van der Waals surface area contributed by atoms with E-state index in [2.05, 4.69) is 17.1 Å². The molecule has 0 spiro atoms. The summed E-state index contributed by atoms with van der Waals surface area (Å²) in [7, 11) is -2.87. The molecule has 4 nitrogen and oxygen atoms in total. The van der Waals surface area contributed by atoms with Gasteiger partial charge in [0.15, 0.2) is 0 Å². The van der Waals surface area contributed by atoms with Gasteiger partial charge in [-0.15, -0.1) is 0 Å². The first kappa shape index (κ1) is 14.9. The van der Waals surface area contributed by atoms with Gasteiger partial charge in [0.1, 0.15) is 9.84 Å². The van der Waals surface area contributed by atoms with E-state index in [1.165, 1.54) is 19.1 Å². The normalized spacial score (nSPS) is 20.7. The molecule has 0 radical (unpaired) electrons. The fourth-order valence-electron chi connectivity index (χ4n) is 2.56. The van der Waals surface area contributed by atoms with Crippen molar-refractivity contribution in [3.63, 3.8) is 0 Å². The van der Waals surface area contributed by atoms with Crippen molar-refractivity contribution in [1.29, 1.82) is 0 Å². The monoisotopic (exact) mass is 262 g/mol. The number of piperidine rings is 1. The maximum absolute atomic E-state index is 11.3. The molecule has 0 aromatic rings. The molecule has 0 saturated carbocycles. The molecule has 1 unspecified atom stereocenters. The van der Waals surface area contributed by atoms with Crippen LogP contribution >= 0.6 is 0 Å². The number of sulfone groups is 1. The molecule has 1 aliphatic heterocycles. The average molecular weight is 262 g/mol. The van der Waals surface area contributed by atoms with Crippen LogP contribution in [0.25, 0.3) is 0 Å². The highest BCUT2D eigenvalue weighted by molar-refractivity contribution is 7.90. The van der Waals surface area contributed by atoms with E-state index in [1.54, 1.807) is 0 Å². The SMILES string of the molecule is CCN(CC1CCNCC1)C(C)CS(C)(=O)=O. The van der Waals surface area contributed by atoms with Crippen LogP contribution in [0.5, 0.6) is 0 Å². The van der Waals surface area contributed by atoms with E-state index in [0.29, 0.717) is 0 Å². The molecule has 1 heterocycles. The predicted molar refractivity (Wildman–Crippen MR) is 72.0 cm³/mol. The third-order valence-corrected chi connectivity index (χ3v) is 4.61. The summed E-state index contributed by atoms with van der Waals surface area (Å²) >= 11 is 0. The molecule has 0 aromatic heterocycles. The molecule has 1 fully saturated rings. The minimum Gasteiger partial charge on any atom is -0.317 e. The second kappa shape index (κ2) is 6.71. The van der Waals surface area contributed by atoms with Gasteiger partial charge in [-0.1, -0.05) is 6.92 Å². The molecule has 1 aliphatic rings. The molecule has 0 aromatic carbocycles. The van der Waals surface area contributed by atoms with Crippen molar-refractivity contribution in [3.05, 3.63) is 0 Å². The fourth-order valence-corrected chi connectivity index (χ4v) is 3.65. The molecule has 1 saturated heterocycles. The first-order chi connectivity index (χ1) is 7.92. The highest BCUT2D eigenvalue weighted by Gasteiger charge is 2.21. The van der Waals surface area contributed by atoms with Crippen molar-refractivity contribution in [1.82, 2.24) is 10.2 Å². The van der Waals surface area contributed by atoms with Gasteiger partial charge in [0.25, 0.3) is 0 Å². The van der Waals surface area contributed by atoms with Crippen molar-refractivity contribution in [2.45, 2.75) is 32.7 Å². The molecule has 5 heteroatoms. The lowest BCUT2D eigenvalue weighted by Crippen LogP contribution is -2.43. The quantitative estimate of drug-likeness (QED) is 0.767. The fraction of sp³-hybridized carbons (Fsp3) is 1.00. The summed E-state index contributed by atoms with van der Waals surface area (Å²) in [5.74, 6) is 0.990. The highest BCUT2D eigenvalue weighted by Crippen LogP contribution is 2.15. The van der Waals surface area contributed by atoms with Gasteiger partial charge in [-0.2, -0.15) is 0 Å². The molecule has 0 amide bonds. The Morgan fingerprint density at radius 3 is 2.41 bits per heavy atom. The zero-order valence-corrected chi connectivity index (χ0v) is 12.1. The average Bonchev–Trinajstić information content (AvgIpc) is 2.24. The van der Waals surface area contributed by atoms with Crippen LogP contribution in [0.3, 0.4) is 0 Å². The van der Waals surface area contributed by atoms with E-state index in [4.69, 9.17) is 0 Å². The lowest BCUT2D eigenvalue weighted by Gasteiger charge is -2.33. The van der Waals surface area contributed by atoms with Crippen LogP contribution in [0.15, 0.2) is 0 Å². The highest BCUT2D eigenvalue weighted by atomic mass is 32.2. The Balaban J connectivity index is 2.46. The lowest BCUT2D eigenvalue weighted by atomic mass is 9.97. The summed E-state index contributed by atoms with van der Waals surface area (Å²) < 4.78 is 22.6. The summed E-state index contributed by atoms with van der Waals surface area (Å²) in [6.07, 6.45) is 3.74. The standard InChI is InChI=1S/C12H26N2O2S/c1-4-14(11(2)10-17(3,15)16)9-12-5-7-13-8-6-12/h11-13H,4-10H2,1-3H3. The van der Waals surface area contributed by atoms with Gasteiger partial charge in [-0.3, -0.25) is 4.90 Å². The van der Waals surface area contributed by atoms with Crippen molar-refractivity contribution in [2.24, 2.45) is 5.92 Å². The maximum Gasteiger partial charge on any atom is 0.148 e. The Morgan fingerprint density at radius 1 is 1.35 bits per heavy atom. The molecule has 102 valence electrons. The van der Waals surface area contributed by atoms with Crippen molar-refractivity contribution in [3.8, 4) is 0 Å².